The molecule has 1 radical (unpaired) electrons. The summed E-state index contributed by atoms with van der Waals surface area (Å²) in [4.78, 5) is 15.7. The molecule has 0 saturated heterocycles. The standard InChI is InChI=1S/C12H13N3O2.Al.H/c1-2-6-10-13-11(12(16)17)14-15(10)9-7-4-3-5-8-9;;/h3-5,7-8H,2,6H2,1H3,(H,16,17);;/q;+1;/p-1. The summed E-state index contributed by atoms with van der Waals surface area (Å²) in [6.45, 7) is 2.06. The molecule has 6 heteroatoms. The van der Waals surface area contributed by atoms with Crippen molar-refractivity contribution in [1.29, 1.82) is 0 Å². The molecule has 5 nitrogen and oxygen atoms in total. The zero-order valence-electron chi connectivity index (χ0n) is 10.2. The molecule has 2 rings (SSSR count). The summed E-state index contributed by atoms with van der Waals surface area (Å²) in [5.74, 6) is 0.380. The average molecular weight is 258 g/mol. The van der Waals surface area contributed by atoms with Gasteiger partial charge in [0.25, 0.3) is 5.82 Å². The molecule has 18 heavy (non-hydrogen) atoms. The number of aryl methyl sites for hydroxylation is 1. The highest BCUT2D eigenvalue weighted by molar-refractivity contribution is 6.08. The number of benzene rings is 1. The molecule has 0 fully saturated rings. The van der Waals surface area contributed by atoms with Gasteiger partial charge in [0.2, 0.25) is 0 Å². The fourth-order valence-electron chi connectivity index (χ4n) is 1.66. The third-order valence-corrected chi connectivity index (χ3v) is 2.72. The molecule has 0 aliphatic heterocycles. The predicted molar refractivity (Wildman–Crippen MR) is 67.9 cm³/mol. The van der Waals surface area contributed by atoms with E-state index in [1.807, 2.05) is 30.3 Å². The summed E-state index contributed by atoms with van der Waals surface area (Å²) in [5, 5.41) is 4.21. The van der Waals surface area contributed by atoms with E-state index in [1.54, 1.807) is 4.68 Å². The van der Waals surface area contributed by atoms with Crippen LogP contribution in [0.4, 0.5) is 0 Å². The number of para-hydroxylation sites is 1. The van der Waals surface area contributed by atoms with Gasteiger partial charge in [-0.1, -0.05) is 25.1 Å². The first-order valence-electron chi connectivity index (χ1n) is 5.74. The molecule has 0 bridgehead atoms. The van der Waals surface area contributed by atoms with E-state index in [4.69, 9.17) is 0 Å². The molecule has 0 atom stereocenters. The Morgan fingerprint density at radius 3 is 2.72 bits per heavy atom. The first-order chi connectivity index (χ1) is 8.76. The van der Waals surface area contributed by atoms with E-state index in [2.05, 4.69) is 20.8 Å². The van der Waals surface area contributed by atoms with Gasteiger partial charge in [-0.2, -0.15) is 0 Å². The maximum atomic E-state index is 11.5. The minimum absolute atomic E-state index is 0.109. The zero-order chi connectivity index (χ0) is 13.0. The molecule has 0 spiro atoms. The van der Waals surface area contributed by atoms with Crippen LogP contribution >= 0.6 is 0 Å². The number of hydrogen-bond acceptors (Lipinski definition) is 4. The van der Waals surface area contributed by atoms with E-state index in [0.29, 0.717) is 0 Å². The monoisotopic (exact) mass is 258 g/mol. The van der Waals surface area contributed by atoms with Crippen LogP contribution in [0.5, 0.6) is 0 Å². The number of aromatic nitrogens is 3. The molecule has 2 aromatic rings. The number of hydrogen-bond donors (Lipinski definition) is 0. The van der Waals surface area contributed by atoms with Gasteiger partial charge in [-0.3, -0.25) is 0 Å². The van der Waals surface area contributed by atoms with E-state index >= 15 is 0 Å². The Kier molecular flexibility index (Phi) is 4.13. The molecule has 0 aliphatic carbocycles. The van der Waals surface area contributed by atoms with E-state index < -0.39 is 5.97 Å². The predicted octanol–water partition coefficient (Wildman–Crippen LogP) is 1.19. The Hall–Kier alpha value is -1.64. The van der Waals surface area contributed by atoms with Crippen molar-refractivity contribution in [1.82, 2.24) is 14.8 Å². The highest BCUT2D eigenvalue weighted by Gasteiger charge is 2.16. The molecular formula is C12H13AlN3O2. The molecule has 1 aromatic carbocycles. The second-order valence-corrected chi connectivity index (χ2v) is 4.07. The minimum Gasteiger partial charge on any atom is -0.619 e. The molecule has 0 N–H and O–H groups in total. The van der Waals surface area contributed by atoms with Gasteiger partial charge in [0.1, 0.15) is 5.82 Å². The Labute approximate surface area is 114 Å². The summed E-state index contributed by atoms with van der Waals surface area (Å²) in [5.41, 5.74) is 0.894. The van der Waals surface area contributed by atoms with Gasteiger partial charge in [0.05, 0.1) is 5.69 Å². The fraction of sp³-hybridized carbons (Fsp3) is 0.250. The van der Waals surface area contributed by atoms with Crippen LogP contribution in [-0.2, 0) is 10.2 Å². The molecule has 0 unspecified atom stereocenters. The van der Waals surface area contributed by atoms with Crippen molar-refractivity contribution >= 4 is 22.6 Å². The van der Waals surface area contributed by atoms with E-state index in [-0.39, 0.29) is 5.82 Å². The van der Waals surface area contributed by atoms with Crippen molar-refractivity contribution in [3.63, 3.8) is 0 Å². The summed E-state index contributed by atoms with van der Waals surface area (Å²) in [7, 11) is 0. The lowest BCUT2D eigenvalue weighted by atomic mass is 10.3. The molecule has 0 aliphatic rings. The smallest absolute Gasteiger partial charge is 0.497 e. The zero-order valence-corrected chi connectivity index (χ0v) is 11.6. The quantitative estimate of drug-likeness (QED) is 0.773. The van der Waals surface area contributed by atoms with E-state index in [0.717, 1.165) is 41.0 Å². The van der Waals surface area contributed by atoms with Crippen LogP contribution in [0.2, 0.25) is 0 Å². The van der Waals surface area contributed by atoms with Crippen LogP contribution in [0, 0.1) is 0 Å². The van der Waals surface area contributed by atoms with Crippen molar-refractivity contribution < 1.29 is 8.58 Å². The SMILES string of the molecule is CCCc1nc(C(=O)[O][AlH])nn1-c1ccccc1. The lowest BCUT2D eigenvalue weighted by molar-refractivity contribution is 0.0737. The van der Waals surface area contributed by atoms with E-state index in [9.17, 15) is 4.79 Å². The maximum Gasteiger partial charge on any atom is 0.497 e. The third-order valence-electron chi connectivity index (χ3n) is 2.46. The van der Waals surface area contributed by atoms with Crippen LogP contribution in [0.25, 0.3) is 5.69 Å². The van der Waals surface area contributed by atoms with Gasteiger partial charge >= 0.3 is 22.6 Å². The van der Waals surface area contributed by atoms with Gasteiger partial charge in [0.15, 0.2) is 0 Å². The summed E-state index contributed by atoms with van der Waals surface area (Å²) < 4.78 is 6.36. The van der Waals surface area contributed by atoms with Crippen molar-refractivity contribution in [2.45, 2.75) is 19.8 Å². The fourth-order valence-corrected chi connectivity index (χ4v) is 1.79. The van der Waals surface area contributed by atoms with Crippen molar-refractivity contribution in [2.75, 3.05) is 0 Å². The first kappa shape index (κ1) is 12.8. The van der Waals surface area contributed by atoms with Crippen molar-refractivity contribution in [3.05, 3.63) is 42.0 Å². The van der Waals surface area contributed by atoms with Crippen molar-refractivity contribution in [2.24, 2.45) is 0 Å². The minimum atomic E-state index is -0.500. The second-order valence-electron chi connectivity index (χ2n) is 3.78. The lowest BCUT2D eigenvalue weighted by Gasteiger charge is -2.03. The number of rotatable bonds is 4. The topological polar surface area (TPSA) is 57.0 Å². The Balaban J connectivity index is 2.45. The van der Waals surface area contributed by atoms with Crippen LogP contribution in [0.1, 0.15) is 29.8 Å². The van der Waals surface area contributed by atoms with Crippen LogP contribution in [-0.4, -0.2) is 37.4 Å². The van der Waals surface area contributed by atoms with E-state index in [1.165, 1.54) is 0 Å². The van der Waals surface area contributed by atoms with Crippen LogP contribution in [0.15, 0.2) is 30.3 Å². The molecular weight excluding hydrogens is 245 g/mol. The molecule has 91 valence electrons. The van der Waals surface area contributed by atoms with Crippen LogP contribution < -0.4 is 0 Å². The summed E-state index contributed by atoms with van der Waals surface area (Å²) in [6, 6.07) is 9.63. The van der Waals surface area contributed by atoms with Crippen LogP contribution in [0.3, 0.4) is 0 Å². The first-order valence-corrected chi connectivity index (χ1v) is 6.31. The van der Waals surface area contributed by atoms with Gasteiger partial charge in [-0.15, -0.1) is 5.10 Å². The second kappa shape index (κ2) is 5.81. The lowest BCUT2D eigenvalue weighted by Crippen LogP contribution is -2.06. The number of carbonyl (C=O) groups is 1. The highest BCUT2D eigenvalue weighted by Crippen LogP contribution is 2.11. The highest BCUT2D eigenvalue weighted by atomic mass is 27.1. The normalized spacial score (nSPS) is 10.3. The van der Waals surface area contributed by atoms with Crippen molar-refractivity contribution in [3.8, 4) is 5.69 Å². The largest absolute Gasteiger partial charge is 0.619 e. The van der Waals surface area contributed by atoms with Gasteiger partial charge in [-0.05, 0) is 18.6 Å². The number of carbonyl (C=O) groups excluding carboxylic acids is 1. The summed E-state index contributed by atoms with van der Waals surface area (Å²) in [6.07, 6.45) is 1.70. The third kappa shape index (κ3) is 2.61. The van der Waals surface area contributed by atoms with Gasteiger partial charge < -0.3 is 3.79 Å². The summed E-state index contributed by atoms with van der Waals surface area (Å²) >= 11 is 1.13. The Morgan fingerprint density at radius 2 is 2.11 bits per heavy atom. The molecule has 1 heterocycles. The Bertz CT molecular complexity index is 540. The van der Waals surface area contributed by atoms with Gasteiger partial charge in [0, 0.05) is 6.42 Å². The molecule has 0 amide bonds. The number of nitrogens with zero attached hydrogens (tertiary/aromatic N) is 3. The maximum absolute atomic E-state index is 11.5. The van der Waals surface area contributed by atoms with Gasteiger partial charge in [-0.25, -0.2) is 14.5 Å². The molecule has 0 saturated carbocycles. The molecule has 1 aromatic heterocycles. The average Bonchev–Trinajstić information content (AvgIpc) is 2.83. The Morgan fingerprint density at radius 1 is 1.39 bits per heavy atom.